The van der Waals surface area contributed by atoms with Crippen LogP contribution in [0, 0.1) is 20.8 Å². The summed E-state index contributed by atoms with van der Waals surface area (Å²) < 4.78 is 2.26. The van der Waals surface area contributed by atoms with Crippen molar-refractivity contribution in [2.75, 3.05) is 0 Å². The molecule has 0 atom stereocenters. The van der Waals surface area contributed by atoms with Crippen molar-refractivity contribution in [2.45, 2.75) is 34.2 Å². The average Bonchev–Trinajstić information content (AvgIpc) is 3.13. The monoisotopic (exact) mass is 494 g/mol. The van der Waals surface area contributed by atoms with Crippen LogP contribution in [0.2, 0.25) is 5.02 Å². The summed E-state index contributed by atoms with van der Waals surface area (Å²) in [6.07, 6.45) is 1.75. The third kappa shape index (κ3) is 4.38. The Morgan fingerprint density at radius 2 is 1.67 bits per heavy atom. The molecule has 0 aliphatic heterocycles. The third-order valence-corrected chi connectivity index (χ3v) is 6.80. The van der Waals surface area contributed by atoms with Crippen molar-refractivity contribution in [1.29, 1.82) is 0 Å². The number of hydrogen-bond acceptors (Lipinski definition) is 3. The smallest absolute Gasteiger partial charge is 0.272 e. The molecular formula is C30H27ClN4O. The van der Waals surface area contributed by atoms with Gasteiger partial charge in [0.2, 0.25) is 0 Å². The van der Waals surface area contributed by atoms with Gasteiger partial charge in [0.15, 0.2) is 0 Å². The summed E-state index contributed by atoms with van der Waals surface area (Å²) in [5.41, 5.74) is 11.1. The predicted octanol–water partition coefficient (Wildman–Crippen LogP) is 7.22. The molecule has 2 aromatic heterocycles. The standard InChI is InChI=1S/C30H27ClN4O/c1-5-35-20(4)26(24-15-19(3)7-13-29(24)35)17-32-34-30(36)25-16-28(21-8-10-22(31)11-9-21)33-27-12-6-18(2)14-23(25)27/h6-17H,5H2,1-4H3,(H,34,36)/b32-17+. The van der Waals surface area contributed by atoms with Crippen molar-refractivity contribution in [3.63, 3.8) is 0 Å². The topological polar surface area (TPSA) is 59.3 Å². The van der Waals surface area contributed by atoms with Gasteiger partial charge in [-0.05, 0) is 70.2 Å². The number of halogens is 1. The first-order valence-electron chi connectivity index (χ1n) is 12.0. The quantitative estimate of drug-likeness (QED) is 0.207. The van der Waals surface area contributed by atoms with Crippen LogP contribution in [-0.2, 0) is 6.54 Å². The van der Waals surface area contributed by atoms with E-state index in [0.29, 0.717) is 16.3 Å². The number of benzene rings is 3. The predicted molar refractivity (Wildman–Crippen MR) is 149 cm³/mol. The Kier molecular flexibility index (Phi) is 6.33. The molecule has 0 spiro atoms. The maximum Gasteiger partial charge on any atom is 0.272 e. The van der Waals surface area contributed by atoms with Gasteiger partial charge < -0.3 is 4.57 Å². The second-order valence-corrected chi connectivity index (χ2v) is 9.48. The Labute approximate surface area is 215 Å². The Morgan fingerprint density at radius 1 is 0.972 bits per heavy atom. The molecule has 5 rings (SSSR count). The molecular weight excluding hydrogens is 468 g/mol. The van der Waals surface area contributed by atoms with E-state index in [0.717, 1.165) is 50.7 Å². The number of pyridine rings is 1. The lowest BCUT2D eigenvalue weighted by molar-refractivity contribution is 0.0956. The molecule has 0 aliphatic rings. The Bertz CT molecular complexity index is 1650. The summed E-state index contributed by atoms with van der Waals surface area (Å²) in [7, 11) is 0. The fourth-order valence-corrected chi connectivity index (χ4v) is 4.83. The van der Waals surface area contributed by atoms with Gasteiger partial charge in [-0.1, -0.05) is 47.0 Å². The zero-order chi connectivity index (χ0) is 25.4. The number of nitrogens with zero attached hydrogens (tertiary/aromatic N) is 3. The lowest BCUT2D eigenvalue weighted by Crippen LogP contribution is -2.18. The number of aromatic nitrogens is 2. The van der Waals surface area contributed by atoms with Gasteiger partial charge in [0.1, 0.15) is 0 Å². The second kappa shape index (κ2) is 9.59. The normalized spacial score (nSPS) is 11.6. The van der Waals surface area contributed by atoms with Gasteiger partial charge in [0.25, 0.3) is 5.91 Å². The molecule has 0 saturated carbocycles. The van der Waals surface area contributed by atoms with Gasteiger partial charge in [-0.3, -0.25) is 4.79 Å². The van der Waals surface area contributed by atoms with Crippen LogP contribution >= 0.6 is 11.6 Å². The van der Waals surface area contributed by atoms with Crippen LogP contribution < -0.4 is 5.43 Å². The first-order chi connectivity index (χ1) is 17.4. The molecule has 1 N–H and O–H groups in total. The third-order valence-electron chi connectivity index (χ3n) is 6.55. The molecule has 0 radical (unpaired) electrons. The van der Waals surface area contributed by atoms with Crippen molar-refractivity contribution in [3.8, 4) is 11.3 Å². The molecule has 0 saturated heterocycles. The van der Waals surface area contributed by atoms with Crippen molar-refractivity contribution in [2.24, 2.45) is 5.10 Å². The molecule has 6 heteroatoms. The van der Waals surface area contributed by atoms with E-state index in [9.17, 15) is 4.79 Å². The van der Waals surface area contributed by atoms with Crippen LogP contribution in [0.5, 0.6) is 0 Å². The minimum Gasteiger partial charge on any atom is -0.344 e. The zero-order valence-corrected chi connectivity index (χ0v) is 21.5. The van der Waals surface area contributed by atoms with E-state index in [1.165, 1.54) is 5.56 Å². The maximum atomic E-state index is 13.4. The van der Waals surface area contributed by atoms with E-state index in [1.807, 2.05) is 55.5 Å². The number of carbonyl (C=O) groups excluding carboxylic acids is 1. The van der Waals surface area contributed by atoms with Crippen LogP contribution in [0.4, 0.5) is 0 Å². The molecule has 0 aliphatic carbocycles. The van der Waals surface area contributed by atoms with Gasteiger partial charge in [0, 0.05) is 44.7 Å². The number of hydrazone groups is 1. The fraction of sp³-hybridized carbons (Fsp3) is 0.167. The van der Waals surface area contributed by atoms with Crippen molar-refractivity contribution in [3.05, 3.63) is 99.7 Å². The molecule has 5 nitrogen and oxygen atoms in total. The first kappa shape index (κ1) is 23.8. The molecule has 0 fully saturated rings. The molecule has 3 aromatic carbocycles. The SMILES string of the molecule is CCn1c(C)c(/C=N/NC(=O)c2cc(-c3ccc(Cl)cc3)nc3ccc(C)cc23)c2cc(C)ccc21. The summed E-state index contributed by atoms with van der Waals surface area (Å²) in [6.45, 7) is 9.15. The fourth-order valence-electron chi connectivity index (χ4n) is 4.70. The highest BCUT2D eigenvalue weighted by Crippen LogP contribution is 2.28. The summed E-state index contributed by atoms with van der Waals surface area (Å²) in [5, 5.41) is 6.94. The number of rotatable bonds is 5. The lowest BCUT2D eigenvalue weighted by Gasteiger charge is -2.10. The van der Waals surface area contributed by atoms with Crippen molar-refractivity contribution in [1.82, 2.24) is 15.0 Å². The highest BCUT2D eigenvalue weighted by molar-refractivity contribution is 6.30. The maximum absolute atomic E-state index is 13.4. The van der Waals surface area contributed by atoms with Crippen molar-refractivity contribution < 1.29 is 4.79 Å². The molecule has 2 heterocycles. The number of amides is 1. The van der Waals surface area contributed by atoms with E-state index >= 15 is 0 Å². The molecule has 0 bridgehead atoms. The van der Waals surface area contributed by atoms with Crippen LogP contribution in [0.1, 0.15) is 39.7 Å². The molecule has 5 aromatic rings. The van der Waals surface area contributed by atoms with Crippen LogP contribution in [0.3, 0.4) is 0 Å². The average molecular weight is 495 g/mol. The Morgan fingerprint density at radius 3 is 2.39 bits per heavy atom. The molecule has 1 amide bonds. The van der Waals surface area contributed by atoms with E-state index in [-0.39, 0.29) is 5.91 Å². The number of hydrogen-bond donors (Lipinski definition) is 1. The van der Waals surface area contributed by atoms with E-state index < -0.39 is 0 Å². The van der Waals surface area contributed by atoms with Gasteiger partial charge in [-0.15, -0.1) is 0 Å². The van der Waals surface area contributed by atoms with Gasteiger partial charge in [-0.2, -0.15) is 5.10 Å². The number of carbonyl (C=O) groups is 1. The van der Waals surface area contributed by atoms with Gasteiger partial charge >= 0.3 is 0 Å². The number of fused-ring (bicyclic) bond motifs is 2. The van der Waals surface area contributed by atoms with Crippen LogP contribution in [-0.4, -0.2) is 21.7 Å². The Balaban J connectivity index is 1.53. The van der Waals surface area contributed by atoms with Gasteiger partial charge in [0.05, 0.1) is 23.0 Å². The summed E-state index contributed by atoms with van der Waals surface area (Å²) in [6, 6.07) is 21.6. The molecule has 0 unspecified atom stereocenters. The minimum absolute atomic E-state index is 0.285. The molecule has 180 valence electrons. The molecule has 36 heavy (non-hydrogen) atoms. The first-order valence-corrected chi connectivity index (χ1v) is 12.3. The highest BCUT2D eigenvalue weighted by Gasteiger charge is 2.15. The Hall–Kier alpha value is -3.96. The second-order valence-electron chi connectivity index (χ2n) is 9.05. The minimum atomic E-state index is -0.285. The lowest BCUT2D eigenvalue weighted by atomic mass is 10.0. The van der Waals surface area contributed by atoms with Crippen molar-refractivity contribution >= 4 is 45.5 Å². The summed E-state index contributed by atoms with van der Waals surface area (Å²) in [4.78, 5) is 18.2. The van der Waals surface area contributed by atoms with Gasteiger partial charge in [-0.25, -0.2) is 10.4 Å². The number of nitrogens with one attached hydrogen (secondary N) is 1. The van der Waals surface area contributed by atoms with E-state index in [4.69, 9.17) is 16.6 Å². The summed E-state index contributed by atoms with van der Waals surface area (Å²) in [5.74, 6) is -0.285. The van der Waals surface area contributed by atoms with E-state index in [1.54, 1.807) is 6.21 Å². The highest BCUT2D eigenvalue weighted by atomic mass is 35.5. The summed E-state index contributed by atoms with van der Waals surface area (Å²) >= 11 is 6.07. The zero-order valence-electron chi connectivity index (χ0n) is 20.8. The number of aryl methyl sites for hydroxylation is 3. The van der Waals surface area contributed by atoms with Crippen LogP contribution in [0.25, 0.3) is 33.1 Å². The van der Waals surface area contributed by atoms with E-state index in [2.05, 4.69) is 54.1 Å². The van der Waals surface area contributed by atoms with Crippen LogP contribution in [0.15, 0.2) is 71.8 Å². The largest absolute Gasteiger partial charge is 0.344 e.